The normalized spacial score (nSPS) is 15.4. The molecule has 1 saturated heterocycles. The minimum Gasteiger partial charge on any atom is -0.493 e. The van der Waals surface area contributed by atoms with Gasteiger partial charge in [-0.2, -0.15) is 0 Å². The van der Waals surface area contributed by atoms with E-state index in [1.54, 1.807) is 32.4 Å². The van der Waals surface area contributed by atoms with Gasteiger partial charge < -0.3 is 30.3 Å². The maximum atomic E-state index is 13.1. The summed E-state index contributed by atoms with van der Waals surface area (Å²) in [5.74, 6) is 0.711. The van der Waals surface area contributed by atoms with Gasteiger partial charge in [-0.25, -0.2) is 0 Å². The molecule has 9 nitrogen and oxygen atoms in total. The third-order valence-corrected chi connectivity index (χ3v) is 7.41. The van der Waals surface area contributed by atoms with Crippen molar-refractivity contribution in [2.75, 3.05) is 71.2 Å². The zero-order valence-electron chi connectivity index (χ0n) is 22.7. The SMILES string of the molecule is COc1cccc(-c2ccc(NC(=O)c3ccc(NCCN4CCN(C)CC4)cc3)c3c2CNC3=O)c1OC. The van der Waals surface area contributed by atoms with E-state index < -0.39 is 0 Å². The summed E-state index contributed by atoms with van der Waals surface area (Å²) in [4.78, 5) is 30.7. The van der Waals surface area contributed by atoms with E-state index >= 15 is 0 Å². The quantitative estimate of drug-likeness (QED) is 0.390. The molecule has 5 rings (SSSR count). The van der Waals surface area contributed by atoms with E-state index in [-0.39, 0.29) is 11.8 Å². The van der Waals surface area contributed by atoms with E-state index in [1.165, 1.54) is 0 Å². The predicted octanol–water partition coefficient (Wildman–Crippen LogP) is 3.53. The molecular weight excluding hydrogens is 494 g/mol. The number of hydrogen-bond donors (Lipinski definition) is 3. The number of ether oxygens (including phenoxy) is 2. The Morgan fingerprint density at radius 1 is 0.949 bits per heavy atom. The Morgan fingerprint density at radius 2 is 1.72 bits per heavy atom. The van der Waals surface area contributed by atoms with Crippen molar-refractivity contribution in [1.82, 2.24) is 15.1 Å². The molecule has 0 unspecified atom stereocenters. The van der Waals surface area contributed by atoms with Gasteiger partial charge in [0.25, 0.3) is 11.8 Å². The smallest absolute Gasteiger partial charge is 0.255 e. The molecule has 0 aromatic heterocycles. The maximum Gasteiger partial charge on any atom is 0.255 e. The lowest BCUT2D eigenvalue weighted by atomic mass is 9.94. The van der Waals surface area contributed by atoms with E-state index in [2.05, 4.69) is 32.8 Å². The fourth-order valence-corrected chi connectivity index (χ4v) is 5.17. The van der Waals surface area contributed by atoms with Crippen LogP contribution >= 0.6 is 0 Å². The number of carbonyl (C=O) groups is 2. The predicted molar refractivity (Wildman–Crippen MR) is 153 cm³/mol. The summed E-state index contributed by atoms with van der Waals surface area (Å²) in [6.07, 6.45) is 0. The number of hydrogen-bond acceptors (Lipinski definition) is 7. The number of piperazine rings is 1. The van der Waals surface area contributed by atoms with E-state index in [0.717, 1.165) is 61.6 Å². The lowest BCUT2D eigenvalue weighted by molar-refractivity contribution is 0.0966. The summed E-state index contributed by atoms with van der Waals surface area (Å²) in [5.41, 5.74) is 4.91. The number of fused-ring (bicyclic) bond motifs is 1. The molecule has 0 spiro atoms. The zero-order chi connectivity index (χ0) is 27.4. The lowest BCUT2D eigenvalue weighted by Gasteiger charge is -2.32. The van der Waals surface area contributed by atoms with Crippen molar-refractivity contribution in [2.24, 2.45) is 0 Å². The molecule has 0 radical (unpaired) electrons. The largest absolute Gasteiger partial charge is 0.493 e. The number of anilines is 2. The molecule has 0 aliphatic carbocycles. The van der Waals surface area contributed by atoms with Gasteiger partial charge in [-0.05, 0) is 54.6 Å². The third kappa shape index (κ3) is 5.69. The van der Waals surface area contributed by atoms with Gasteiger partial charge in [0.15, 0.2) is 11.5 Å². The van der Waals surface area contributed by atoms with Crippen LogP contribution in [0.25, 0.3) is 11.1 Å². The first kappa shape index (κ1) is 26.5. The Kier molecular flexibility index (Phi) is 7.99. The highest BCUT2D eigenvalue weighted by Gasteiger charge is 2.28. The maximum absolute atomic E-state index is 13.1. The zero-order valence-corrected chi connectivity index (χ0v) is 22.7. The molecule has 1 fully saturated rings. The Morgan fingerprint density at radius 3 is 2.44 bits per heavy atom. The fourth-order valence-electron chi connectivity index (χ4n) is 5.17. The highest BCUT2D eigenvalue weighted by molar-refractivity contribution is 6.11. The fraction of sp³-hybridized carbons (Fsp3) is 0.333. The molecule has 0 saturated carbocycles. The number of para-hydroxylation sites is 1. The second kappa shape index (κ2) is 11.8. The van der Waals surface area contributed by atoms with Crippen LogP contribution in [0, 0.1) is 0 Å². The van der Waals surface area contributed by atoms with Gasteiger partial charge in [0.2, 0.25) is 0 Å². The van der Waals surface area contributed by atoms with Crippen LogP contribution in [0.1, 0.15) is 26.3 Å². The molecule has 2 aliphatic heterocycles. The Balaban J connectivity index is 1.28. The molecule has 3 aromatic carbocycles. The first-order chi connectivity index (χ1) is 19.0. The molecule has 2 heterocycles. The minimum absolute atomic E-state index is 0.219. The Hall–Kier alpha value is -4.08. The summed E-state index contributed by atoms with van der Waals surface area (Å²) in [7, 11) is 5.34. The highest BCUT2D eigenvalue weighted by Crippen LogP contribution is 2.42. The van der Waals surface area contributed by atoms with Gasteiger partial charge in [0.1, 0.15) is 0 Å². The average Bonchev–Trinajstić information content (AvgIpc) is 3.36. The van der Waals surface area contributed by atoms with Crippen molar-refractivity contribution in [3.63, 3.8) is 0 Å². The van der Waals surface area contributed by atoms with Gasteiger partial charge in [-0.1, -0.05) is 18.2 Å². The van der Waals surface area contributed by atoms with Crippen molar-refractivity contribution in [2.45, 2.75) is 6.54 Å². The van der Waals surface area contributed by atoms with Crippen LogP contribution in [-0.4, -0.2) is 82.1 Å². The van der Waals surface area contributed by atoms with Crippen LogP contribution in [-0.2, 0) is 6.54 Å². The van der Waals surface area contributed by atoms with Crippen molar-refractivity contribution in [3.05, 3.63) is 71.3 Å². The number of methoxy groups -OCH3 is 2. The van der Waals surface area contributed by atoms with E-state index in [9.17, 15) is 9.59 Å². The van der Waals surface area contributed by atoms with Crippen LogP contribution in [0.5, 0.6) is 11.5 Å². The van der Waals surface area contributed by atoms with E-state index in [0.29, 0.717) is 34.9 Å². The van der Waals surface area contributed by atoms with Gasteiger partial charge >= 0.3 is 0 Å². The molecular formula is C30H35N5O4. The van der Waals surface area contributed by atoms with E-state index in [1.807, 2.05) is 36.4 Å². The number of amides is 2. The molecule has 3 aromatic rings. The molecule has 2 aliphatic rings. The second-order valence-electron chi connectivity index (χ2n) is 9.84. The summed E-state index contributed by atoms with van der Waals surface area (Å²) in [6, 6.07) is 16.7. The summed E-state index contributed by atoms with van der Waals surface area (Å²) in [6.45, 7) is 6.59. The van der Waals surface area contributed by atoms with Crippen LogP contribution < -0.4 is 25.4 Å². The van der Waals surface area contributed by atoms with Crippen molar-refractivity contribution >= 4 is 23.2 Å². The van der Waals surface area contributed by atoms with Gasteiger partial charge in [0, 0.05) is 62.6 Å². The highest BCUT2D eigenvalue weighted by atomic mass is 16.5. The number of benzene rings is 3. The second-order valence-corrected chi connectivity index (χ2v) is 9.84. The average molecular weight is 530 g/mol. The Labute approximate surface area is 229 Å². The number of nitrogens with one attached hydrogen (secondary N) is 3. The minimum atomic E-state index is -0.271. The third-order valence-electron chi connectivity index (χ3n) is 7.41. The standard InChI is InChI=1S/C30H35N5O4/c1-34-15-17-35(18-16-34)14-13-31-21-9-7-20(8-10-21)29(36)33-25-12-11-22(24-19-32-30(37)27(24)25)23-5-4-6-26(38-2)28(23)39-3/h4-12,31H,13-19H2,1-3H3,(H,32,37)(H,33,36). The van der Waals surface area contributed by atoms with Gasteiger partial charge in [0.05, 0.1) is 25.5 Å². The molecule has 2 amide bonds. The molecule has 39 heavy (non-hydrogen) atoms. The lowest BCUT2D eigenvalue weighted by Crippen LogP contribution is -2.45. The van der Waals surface area contributed by atoms with Crippen molar-refractivity contribution in [1.29, 1.82) is 0 Å². The number of likely N-dealkylation sites (N-methyl/N-ethyl adjacent to an activating group) is 1. The van der Waals surface area contributed by atoms with Crippen LogP contribution in [0.4, 0.5) is 11.4 Å². The topological polar surface area (TPSA) is 95.2 Å². The molecule has 204 valence electrons. The van der Waals surface area contributed by atoms with Crippen LogP contribution in [0.2, 0.25) is 0 Å². The van der Waals surface area contributed by atoms with Crippen molar-refractivity contribution < 1.29 is 19.1 Å². The van der Waals surface area contributed by atoms with E-state index in [4.69, 9.17) is 9.47 Å². The first-order valence-corrected chi connectivity index (χ1v) is 13.2. The number of nitrogens with zero attached hydrogens (tertiary/aromatic N) is 2. The number of carbonyl (C=O) groups excluding carboxylic acids is 2. The molecule has 0 bridgehead atoms. The monoisotopic (exact) mass is 529 g/mol. The van der Waals surface area contributed by atoms with Crippen molar-refractivity contribution in [3.8, 4) is 22.6 Å². The summed E-state index contributed by atoms with van der Waals surface area (Å²) >= 11 is 0. The Bertz CT molecular complexity index is 1350. The van der Waals surface area contributed by atoms with Crippen LogP contribution in [0.15, 0.2) is 54.6 Å². The molecule has 0 atom stereocenters. The van der Waals surface area contributed by atoms with Gasteiger partial charge in [-0.3, -0.25) is 14.5 Å². The van der Waals surface area contributed by atoms with Crippen LogP contribution in [0.3, 0.4) is 0 Å². The first-order valence-electron chi connectivity index (χ1n) is 13.2. The van der Waals surface area contributed by atoms with Gasteiger partial charge in [-0.15, -0.1) is 0 Å². The molecule has 3 N–H and O–H groups in total. The molecule has 9 heteroatoms. The summed E-state index contributed by atoms with van der Waals surface area (Å²) < 4.78 is 11.1. The summed E-state index contributed by atoms with van der Waals surface area (Å²) in [5, 5.41) is 9.27. The number of rotatable bonds is 9.